The minimum Gasteiger partial charge on any atom is -0.477 e. The number of aromatic nitrogens is 2. The highest BCUT2D eigenvalue weighted by atomic mass is 16.5. The highest BCUT2D eigenvalue weighted by Crippen LogP contribution is 2.08. The van der Waals surface area contributed by atoms with Gasteiger partial charge in [0.15, 0.2) is 0 Å². The minimum atomic E-state index is 0.450. The SMILES string of the molecule is CC(C)NCc1cccc(OCCc2ccccn2)n1. The van der Waals surface area contributed by atoms with Crippen molar-refractivity contribution in [3.63, 3.8) is 0 Å². The summed E-state index contributed by atoms with van der Waals surface area (Å²) in [5.74, 6) is 0.670. The lowest BCUT2D eigenvalue weighted by molar-refractivity contribution is 0.307. The van der Waals surface area contributed by atoms with Crippen molar-refractivity contribution >= 4 is 0 Å². The van der Waals surface area contributed by atoms with Gasteiger partial charge in [-0.05, 0) is 18.2 Å². The van der Waals surface area contributed by atoms with Crippen LogP contribution in [0.5, 0.6) is 5.88 Å². The van der Waals surface area contributed by atoms with Crippen LogP contribution in [0.4, 0.5) is 0 Å². The predicted octanol–water partition coefficient (Wildman–Crippen LogP) is 2.60. The first-order valence-electron chi connectivity index (χ1n) is 6.96. The molecular formula is C16H21N3O. The minimum absolute atomic E-state index is 0.450. The topological polar surface area (TPSA) is 47.0 Å². The van der Waals surface area contributed by atoms with Crippen molar-refractivity contribution in [3.05, 3.63) is 54.0 Å². The van der Waals surface area contributed by atoms with Crippen LogP contribution in [0, 0.1) is 0 Å². The summed E-state index contributed by atoms with van der Waals surface area (Å²) in [5, 5.41) is 3.34. The zero-order chi connectivity index (χ0) is 14.2. The largest absolute Gasteiger partial charge is 0.477 e. The van der Waals surface area contributed by atoms with Gasteiger partial charge in [0.2, 0.25) is 5.88 Å². The van der Waals surface area contributed by atoms with Gasteiger partial charge in [-0.3, -0.25) is 4.98 Å². The van der Waals surface area contributed by atoms with E-state index in [4.69, 9.17) is 4.74 Å². The van der Waals surface area contributed by atoms with Gasteiger partial charge in [0.25, 0.3) is 0 Å². The van der Waals surface area contributed by atoms with Crippen molar-refractivity contribution in [2.24, 2.45) is 0 Å². The van der Waals surface area contributed by atoms with Gasteiger partial charge in [0.1, 0.15) is 0 Å². The molecule has 0 bridgehead atoms. The van der Waals surface area contributed by atoms with E-state index in [0.29, 0.717) is 18.5 Å². The molecule has 0 fully saturated rings. The highest BCUT2D eigenvalue weighted by molar-refractivity contribution is 5.16. The smallest absolute Gasteiger partial charge is 0.213 e. The lowest BCUT2D eigenvalue weighted by atomic mass is 10.3. The van der Waals surface area contributed by atoms with Gasteiger partial charge in [0, 0.05) is 37.0 Å². The maximum absolute atomic E-state index is 5.68. The summed E-state index contributed by atoms with van der Waals surface area (Å²) in [6, 6.07) is 12.2. The second-order valence-electron chi connectivity index (χ2n) is 4.92. The Hall–Kier alpha value is -1.94. The lowest BCUT2D eigenvalue weighted by Gasteiger charge is -2.09. The Labute approximate surface area is 120 Å². The van der Waals surface area contributed by atoms with E-state index in [1.54, 1.807) is 6.20 Å². The third-order valence-electron chi connectivity index (χ3n) is 2.81. The molecule has 0 saturated carbocycles. The van der Waals surface area contributed by atoms with Gasteiger partial charge in [-0.1, -0.05) is 26.0 Å². The van der Waals surface area contributed by atoms with E-state index in [0.717, 1.165) is 24.4 Å². The Balaban J connectivity index is 1.82. The molecule has 2 aromatic rings. The Morgan fingerprint density at radius 1 is 1.10 bits per heavy atom. The van der Waals surface area contributed by atoms with Crippen LogP contribution >= 0.6 is 0 Å². The molecule has 0 spiro atoms. The zero-order valence-corrected chi connectivity index (χ0v) is 12.0. The van der Waals surface area contributed by atoms with Gasteiger partial charge in [-0.15, -0.1) is 0 Å². The Morgan fingerprint density at radius 2 is 1.95 bits per heavy atom. The van der Waals surface area contributed by atoms with E-state index in [9.17, 15) is 0 Å². The molecule has 0 radical (unpaired) electrons. The quantitative estimate of drug-likeness (QED) is 0.841. The van der Waals surface area contributed by atoms with Crippen molar-refractivity contribution < 1.29 is 4.74 Å². The summed E-state index contributed by atoms with van der Waals surface area (Å²) in [6.07, 6.45) is 2.59. The van der Waals surface area contributed by atoms with E-state index in [2.05, 4.69) is 29.1 Å². The number of ether oxygens (including phenoxy) is 1. The molecular weight excluding hydrogens is 250 g/mol. The molecule has 4 heteroatoms. The summed E-state index contributed by atoms with van der Waals surface area (Å²) < 4.78 is 5.68. The number of nitrogens with zero attached hydrogens (tertiary/aromatic N) is 2. The van der Waals surface area contributed by atoms with E-state index in [1.165, 1.54) is 0 Å². The Morgan fingerprint density at radius 3 is 2.70 bits per heavy atom. The van der Waals surface area contributed by atoms with Crippen LogP contribution in [0.25, 0.3) is 0 Å². The molecule has 4 nitrogen and oxygen atoms in total. The molecule has 0 saturated heterocycles. The molecule has 2 rings (SSSR count). The number of hydrogen-bond acceptors (Lipinski definition) is 4. The molecule has 0 amide bonds. The molecule has 106 valence electrons. The number of nitrogens with one attached hydrogen (secondary N) is 1. The van der Waals surface area contributed by atoms with Crippen LogP contribution in [0.2, 0.25) is 0 Å². The Kier molecular flexibility index (Phi) is 5.50. The standard InChI is InChI=1S/C16H21N3O/c1-13(2)18-12-15-7-5-8-16(19-15)20-11-9-14-6-3-4-10-17-14/h3-8,10,13,18H,9,11-12H2,1-2H3. The molecule has 20 heavy (non-hydrogen) atoms. The molecule has 0 aliphatic rings. The zero-order valence-electron chi connectivity index (χ0n) is 12.0. The monoisotopic (exact) mass is 271 g/mol. The second-order valence-corrected chi connectivity index (χ2v) is 4.92. The van der Waals surface area contributed by atoms with Gasteiger partial charge in [-0.25, -0.2) is 4.98 Å². The van der Waals surface area contributed by atoms with Gasteiger partial charge in [0.05, 0.1) is 12.3 Å². The number of rotatable bonds is 7. The Bertz CT molecular complexity index is 514. The van der Waals surface area contributed by atoms with Crippen molar-refractivity contribution in [2.75, 3.05) is 6.61 Å². The van der Waals surface area contributed by atoms with E-state index < -0.39 is 0 Å². The molecule has 2 aromatic heterocycles. The lowest BCUT2D eigenvalue weighted by Crippen LogP contribution is -2.22. The molecule has 0 aliphatic heterocycles. The molecule has 2 heterocycles. The van der Waals surface area contributed by atoms with Crippen LogP contribution in [0.15, 0.2) is 42.6 Å². The van der Waals surface area contributed by atoms with Crippen molar-refractivity contribution in [1.82, 2.24) is 15.3 Å². The average Bonchev–Trinajstić information content (AvgIpc) is 2.47. The first-order valence-corrected chi connectivity index (χ1v) is 6.96. The van der Waals surface area contributed by atoms with Crippen LogP contribution in [0.3, 0.4) is 0 Å². The third-order valence-corrected chi connectivity index (χ3v) is 2.81. The third kappa shape index (κ3) is 4.97. The van der Waals surface area contributed by atoms with E-state index >= 15 is 0 Å². The number of pyridine rings is 2. The molecule has 0 aromatic carbocycles. The van der Waals surface area contributed by atoms with E-state index in [1.807, 2.05) is 36.4 Å². The van der Waals surface area contributed by atoms with Crippen molar-refractivity contribution in [1.29, 1.82) is 0 Å². The summed E-state index contributed by atoms with van der Waals surface area (Å²) in [4.78, 5) is 8.74. The second kappa shape index (κ2) is 7.60. The normalized spacial score (nSPS) is 10.8. The molecule has 0 atom stereocenters. The number of hydrogen-bond donors (Lipinski definition) is 1. The fraction of sp³-hybridized carbons (Fsp3) is 0.375. The summed E-state index contributed by atoms with van der Waals surface area (Å²) in [5.41, 5.74) is 2.03. The first kappa shape index (κ1) is 14.5. The van der Waals surface area contributed by atoms with Crippen LogP contribution in [-0.4, -0.2) is 22.6 Å². The highest BCUT2D eigenvalue weighted by Gasteiger charge is 2.01. The summed E-state index contributed by atoms with van der Waals surface area (Å²) in [6.45, 7) is 5.58. The molecule has 1 N–H and O–H groups in total. The van der Waals surface area contributed by atoms with Crippen molar-refractivity contribution in [3.8, 4) is 5.88 Å². The fourth-order valence-corrected chi connectivity index (χ4v) is 1.75. The molecule has 0 unspecified atom stereocenters. The maximum atomic E-state index is 5.68. The van der Waals surface area contributed by atoms with Crippen LogP contribution in [-0.2, 0) is 13.0 Å². The summed E-state index contributed by atoms with van der Waals surface area (Å²) in [7, 11) is 0. The van der Waals surface area contributed by atoms with Gasteiger partial charge in [-0.2, -0.15) is 0 Å². The first-order chi connectivity index (χ1) is 9.74. The summed E-state index contributed by atoms with van der Waals surface area (Å²) >= 11 is 0. The van der Waals surface area contributed by atoms with Gasteiger partial charge < -0.3 is 10.1 Å². The van der Waals surface area contributed by atoms with E-state index in [-0.39, 0.29) is 0 Å². The maximum Gasteiger partial charge on any atom is 0.213 e. The molecule has 0 aliphatic carbocycles. The fourth-order valence-electron chi connectivity index (χ4n) is 1.75. The van der Waals surface area contributed by atoms with Crippen molar-refractivity contribution in [2.45, 2.75) is 32.9 Å². The van der Waals surface area contributed by atoms with Crippen LogP contribution in [0.1, 0.15) is 25.2 Å². The predicted molar refractivity (Wildman–Crippen MR) is 79.6 cm³/mol. The average molecular weight is 271 g/mol. The van der Waals surface area contributed by atoms with Crippen LogP contribution < -0.4 is 10.1 Å². The van der Waals surface area contributed by atoms with Gasteiger partial charge >= 0.3 is 0 Å².